The number of rotatable bonds is 26. The van der Waals surface area contributed by atoms with Gasteiger partial charge in [0.25, 0.3) is 16.3 Å². The molecule has 0 spiro atoms. The third-order valence-corrected chi connectivity index (χ3v) is 15.8. The molecule has 1 unspecified atom stereocenters. The summed E-state index contributed by atoms with van der Waals surface area (Å²) >= 11 is 0. The zero-order chi connectivity index (χ0) is 65.5. The van der Waals surface area contributed by atoms with Crippen molar-refractivity contribution in [3.63, 3.8) is 0 Å². The van der Waals surface area contributed by atoms with Gasteiger partial charge in [-0.2, -0.15) is 0 Å². The maximum atomic E-state index is 14.5. The van der Waals surface area contributed by atoms with E-state index in [1.165, 1.54) is 31.2 Å². The quantitative estimate of drug-likeness (QED) is 0.0120. The van der Waals surface area contributed by atoms with Gasteiger partial charge in [-0.25, -0.2) is 8.42 Å². The number of nitrogens with zero attached hydrogens (tertiary/aromatic N) is 4. The van der Waals surface area contributed by atoms with Gasteiger partial charge in [0.15, 0.2) is 23.5 Å². The first-order valence-corrected chi connectivity index (χ1v) is 29.4. The van der Waals surface area contributed by atoms with Crippen LogP contribution in [-0.4, -0.2) is 225 Å². The van der Waals surface area contributed by atoms with Gasteiger partial charge >= 0.3 is 29.6 Å². The van der Waals surface area contributed by atoms with E-state index in [1.54, 1.807) is 30.3 Å². The second-order valence-electron chi connectivity index (χ2n) is 22.0. The van der Waals surface area contributed by atoms with Crippen molar-refractivity contribution in [2.75, 3.05) is 19.7 Å². The van der Waals surface area contributed by atoms with Crippen LogP contribution in [0.15, 0.2) is 77.3 Å². The topological polar surface area (TPSA) is 518 Å². The molecule has 3 aliphatic heterocycles. The number of primary amides is 2. The average Bonchev–Trinajstić information content (AvgIpc) is 1.81. The van der Waals surface area contributed by atoms with Crippen LogP contribution < -0.4 is 65.9 Å². The molecule has 8 amide bonds. The van der Waals surface area contributed by atoms with Gasteiger partial charge in [-0.3, -0.25) is 43.3 Å². The summed E-state index contributed by atoms with van der Waals surface area (Å²) < 4.78 is 49.9. The molecule has 484 valence electrons. The van der Waals surface area contributed by atoms with Crippen LogP contribution in [-0.2, 0) is 44.0 Å². The predicted octanol–water partition coefficient (Wildman–Crippen LogP) is -7.16. The number of hydrogen-bond donors (Lipinski definition) is 14. The second-order valence-corrected chi connectivity index (χ2v) is 23.0. The number of carbonyl (C=O) groups is 8. The number of aliphatic hydroxyl groups excluding tert-OH is 8. The summed E-state index contributed by atoms with van der Waals surface area (Å²) in [6.45, 7) is 3.97. The number of nitrogens with one attached hydrogen (secondary N) is 3. The first kappa shape index (κ1) is 71.7. The third-order valence-electron chi connectivity index (χ3n) is 15.4. The number of unbranched alkanes of at least 4 members (excludes halogenated alkanes) is 2. The summed E-state index contributed by atoms with van der Waals surface area (Å²) in [6.07, 6.45) is -15.5. The van der Waals surface area contributed by atoms with E-state index in [-0.39, 0.29) is 35.1 Å². The van der Waals surface area contributed by atoms with Crippen molar-refractivity contribution in [1.29, 1.82) is 0 Å². The van der Waals surface area contributed by atoms with Gasteiger partial charge in [0.1, 0.15) is 66.0 Å². The number of hydrogen-bond acceptors (Lipinski definition) is 24. The van der Waals surface area contributed by atoms with Gasteiger partial charge in [0.05, 0.1) is 37.4 Å². The van der Waals surface area contributed by atoms with Crippen LogP contribution in [0.1, 0.15) is 81.3 Å². The number of phenolic OH excluding ortho intramolecular Hbond substituents is 1. The Balaban J connectivity index is 0.0000129. The Morgan fingerprint density at radius 2 is 1.41 bits per heavy atom. The molecule has 0 aliphatic carbocycles. The zero-order valence-electron chi connectivity index (χ0n) is 49.0. The Kier molecular flexibility index (Phi) is 24.4. The molecule has 3 aliphatic rings. The summed E-state index contributed by atoms with van der Waals surface area (Å²) in [6, 6.07) is 4.25. The van der Waals surface area contributed by atoms with E-state index in [1.807, 2.05) is 5.32 Å². The molecular formula is C56H70N9NaO23S. The number of likely N-dealkylation sites (tertiary alicyclic amines) is 3. The molecule has 15 atom stereocenters. The van der Waals surface area contributed by atoms with Gasteiger partial charge in [-0.1, -0.05) is 50.0 Å². The Morgan fingerprint density at radius 3 is 2.02 bits per heavy atom. The molecule has 1 aromatic heterocycles. The van der Waals surface area contributed by atoms with Crippen molar-refractivity contribution in [2.24, 2.45) is 17.4 Å². The third kappa shape index (κ3) is 17.0. The van der Waals surface area contributed by atoms with Crippen LogP contribution >= 0.6 is 0 Å². The summed E-state index contributed by atoms with van der Waals surface area (Å²) in [5, 5.41) is 110. The standard InChI is InChI=1S/C56H71N9O23S.Na/c1-4-5-6-17-86-32-14-11-28(12-15-32)39-20-33(62-87-39)27-7-9-29(10-8-27)53(79)65-35(21-38(70)54(65)80)51(77)59-42(26(3)66)55(81)63-24-31(67)19-34(63)50(76)61-44(48(74)47(73)30-13-16-36(68)40(18-30)88-89(83,84)85)52(78)60-43(37(69)22-41(57)71)56(82)64-23-25(2)46(72)45(64)49(58)75;/h7-16,18,20,25-26,31,34-35,37-38,42-48,54,66-70,72-74,80H,4-6,17,19,21-24H2,1-3H3,(H2,57,71)(H2,58,75)(H,59,77)(H,60,78)(H,61,76)(H,83,84,85);/q;+1/p-1/t25-,26+,31+,34-,35-,37+,38+,42-,43-,44-,45-,46-,47-,48-,54?;/m0./s1. The second kappa shape index (κ2) is 30.6. The van der Waals surface area contributed by atoms with Gasteiger partial charge in [0, 0.05) is 54.6 Å². The maximum absolute atomic E-state index is 14.5. The molecular weight excluding hydrogens is 1220 g/mol. The number of carbonyl (C=O) groups excluding carboxylic acids is 8. The van der Waals surface area contributed by atoms with E-state index in [4.69, 9.17) is 20.7 Å². The smallest absolute Gasteiger partial charge is 0.716 e. The molecule has 4 heterocycles. The van der Waals surface area contributed by atoms with E-state index in [9.17, 15) is 97.3 Å². The van der Waals surface area contributed by atoms with Crippen molar-refractivity contribution in [1.82, 2.24) is 35.8 Å². The van der Waals surface area contributed by atoms with Crippen LogP contribution in [0, 0.1) is 5.92 Å². The van der Waals surface area contributed by atoms with Crippen molar-refractivity contribution in [2.45, 2.75) is 145 Å². The van der Waals surface area contributed by atoms with Crippen LogP contribution in [0.4, 0.5) is 0 Å². The summed E-state index contributed by atoms with van der Waals surface area (Å²) in [7, 11) is -5.60. The molecule has 0 bridgehead atoms. The Labute approximate surface area is 536 Å². The zero-order valence-corrected chi connectivity index (χ0v) is 51.9. The minimum absolute atomic E-state index is 0. The van der Waals surface area contributed by atoms with E-state index >= 15 is 0 Å². The summed E-state index contributed by atoms with van der Waals surface area (Å²) in [5.41, 5.74) is 11.7. The minimum Gasteiger partial charge on any atom is -0.716 e. The number of aromatic nitrogens is 1. The Morgan fingerprint density at radius 1 is 0.789 bits per heavy atom. The number of phenols is 1. The molecule has 34 heteroatoms. The molecule has 16 N–H and O–H groups in total. The number of ether oxygens (including phenoxy) is 1. The van der Waals surface area contributed by atoms with Crippen molar-refractivity contribution < 1.29 is 140 Å². The van der Waals surface area contributed by atoms with Crippen molar-refractivity contribution >= 4 is 57.7 Å². The predicted molar refractivity (Wildman–Crippen MR) is 302 cm³/mol. The van der Waals surface area contributed by atoms with Crippen LogP contribution in [0.25, 0.3) is 22.6 Å². The number of aromatic hydroxyl groups is 1. The van der Waals surface area contributed by atoms with Gasteiger partial charge < -0.3 is 101 Å². The monoisotopic (exact) mass is 1290 g/mol. The number of β-amino-alcohol motifs (C(OH)–C–C–N with tert-alkyl or cyclic N) is 1. The van der Waals surface area contributed by atoms with Crippen molar-refractivity contribution in [3.05, 3.63) is 83.9 Å². The number of benzene rings is 3. The molecule has 3 aromatic carbocycles. The number of aliphatic hydroxyl groups is 8. The first-order valence-electron chi connectivity index (χ1n) is 28.1. The average molecular weight is 1290 g/mol. The van der Waals surface area contributed by atoms with Gasteiger partial charge in [0.2, 0.25) is 41.4 Å². The van der Waals surface area contributed by atoms with Crippen LogP contribution in [0.3, 0.4) is 0 Å². The first-order chi connectivity index (χ1) is 41.9. The van der Waals surface area contributed by atoms with E-state index in [0.717, 1.165) is 32.3 Å². The van der Waals surface area contributed by atoms with Gasteiger partial charge in [-0.05, 0) is 67.4 Å². The van der Waals surface area contributed by atoms with E-state index in [0.29, 0.717) is 61.8 Å². The minimum atomic E-state index is -5.60. The molecule has 90 heavy (non-hydrogen) atoms. The molecule has 4 aromatic rings. The van der Waals surface area contributed by atoms with Crippen LogP contribution in [0.2, 0.25) is 0 Å². The largest absolute Gasteiger partial charge is 1.00 e. The van der Waals surface area contributed by atoms with Crippen molar-refractivity contribution in [3.8, 4) is 39.8 Å². The van der Waals surface area contributed by atoms with Gasteiger partial charge in [-0.15, -0.1) is 0 Å². The van der Waals surface area contributed by atoms with E-state index in [2.05, 4.69) is 26.9 Å². The Hall–Kier alpha value is -7.38. The number of nitrogens with two attached hydrogens (primary N) is 2. The fourth-order valence-corrected chi connectivity index (χ4v) is 11.0. The molecule has 0 radical (unpaired) electrons. The number of amides is 8. The normalized spacial score (nSPS) is 23.0. The fraction of sp³-hybridized carbons (Fsp3) is 0.482. The Bertz CT molecular complexity index is 3360. The SMILES string of the molecule is CCCCCOc1ccc(-c2cc(-c3ccc(C(=O)N4C(O)[C@H](O)C[C@H]4C(=O)N[C@H](C(=O)N4C[C@H](O)C[C@H]4C(=O)N[C@H](C(=O)N[C@H](C(=O)N4C[C@H](C)[C@H](O)[C@H]4C(N)=O)[C@H](O)CC(N)=O)[C@H](O)[C@@H](O)c4ccc(O)c(OS(=O)(=O)[O-])c4)[C@@H](C)O)cc3)no2)cc1.[Na+]. The maximum Gasteiger partial charge on any atom is 1.00 e. The molecule has 0 saturated carbocycles. The molecule has 3 saturated heterocycles. The molecule has 7 rings (SSSR count). The summed E-state index contributed by atoms with van der Waals surface area (Å²) in [4.78, 5) is 113. The van der Waals surface area contributed by atoms with E-state index < -0.39 is 198 Å². The molecule has 32 nitrogen and oxygen atoms in total. The molecule has 3 fully saturated rings. The fourth-order valence-electron chi connectivity index (χ4n) is 10.7. The van der Waals surface area contributed by atoms with Crippen LogP contribution in [0.5, 0.6) is 17.2 Å². The summed E-state index contributed by atoms with van der Waals surface area (Å²) in [5.74, 6) is -12.3.